The number of aryl methyl sites for hydroxylation is 1. The van der Waals surface area contributed by atoms with Crippen LogP contribution < -0.4 is 4.90 Å². The minimum absolute atomic E-state index is 0.116. The molecule has 66 valence electrons. The summed E-state index contributed by atoms with van der Waals surface area (Å²) >= 11 is 0. The maximum atomic E-state index is 10.8. The van der Waals surface area contributed by atoms with Gasteiger partial charge in [0, 0.05) is 12.1 Å². The summed E-state index contributed by atoms with van der Waals surface area (Å²) in [4.78, 5) is 10.9. The van der Waals surface area contributed by atoms with E-state index in [-0.39, 0.29) is 17.0 Å². The van der Waals surface area contributed by atoms with Gasteiger partial charge in [0.25, 0.3) is 0 Å². The first-order valence-corrected chi connectivity index (χ1v) is 3.27. The molecule has 0 unspecified atom stereocenters. The van der Waals surface area contributed by atoms with Gasteiger partial charge in [-0.2, -0.15) is 0 Å². The highest BCUT2D eigenvalue weighted by Gasteiger charge is 2.18. The zero-order valence-corrected chi connectivity index (χ0v) is 6.73. The fourth-order valence-corrected chi connectivity index (χ4v) is 0.734. The van der Waals surface area contributed by atoms with Crippen LogP contribution in [0.4, 0.5) is 0 Å². The summed E-state index contributed by atoms with van der Waals surface area (Å²) in [6.45, 7) is 1.58. The molecule has 0 aromatic carbocycles. The Labute approximate surface area is 68.3 Å². The lowest BCUT2D eigenvalue weighted by atomic mass is 10.3. The molecule has 6 heteroatoms. The fraction of sp³-hybridized carbons (Fsp3) is 0.500. The third-order valence-corrected chi connectivity index (χ3v) is 1.43. The number of carbonyl (C=O) groups excluding carboxylic acids is 1. The molecular formula is C6H8N2O4. The van der Waals surface area contributed by atoms with Crippen LogP contribution in [-0.2, 0) is 16.0 Å². The molecule has 0 spiro atoms. The number of aromatic nitrogens is 2. The summed E-state index contributed by atoms with van der Waals surface area (Å²) in [5, 5.41) is 14.1. The van der Waals surface area contributed by atoms with Crippen LogP contribution in [0.1, 0.15) is 11.4 Å². The molecule has 0 amide bonds. The monoisotopic (exact) mass is 172 g/mol. The van der Waals surface area contributed by atoms with E-state index >= 15 is 0 Å². The summed E-state index contributed by atoms with van der Waals surface area (Å²) in [7, 11) is 1.25. The van der Waals surface area contributed by atoms with Gasteiger partial charge in [0.05, 0.1) is 7.11 Å². The summed E-state index contributed by atoms with van der Waals surface area (Å²) in [6, 6.07) is 0. The van der Waals surface area contributed by atoms with Gasteiger partial charge in [-0.3, -0.25) is 9.42 Å². The van der Waals surface area contributed by atoms with Crippen molar-refractivity contribution >= 4 is 5.97 Å². The summed E-state index contributed by atoms with van der Waals surface area (Å²) in [5.74, 6) is -0.495. The van der Waals surface area contributed by atoms with Crippen molar-refractivity contribution in [1.82, 2.24) is 5.16 Å². The maximum absolute atomic E-state index is 10.8. The lowest BCUT2D eigenvalue weighted by molar-refractivity contribution is -0.807. The van der Waals surface area contributed by atoms with Crippen LogP contribution in [0, 0.1) is 12.1 Å². The first-order chi connectivity index (χ1) is 5.65. The van der Waals surface area contributed by atoms with Crippen molar-refractivity contribution in [3.8, 4) is 0 Å². The van der Waals surface area contributed by atoms with E-state index in [1.165, 1.54) is 7.11 Å². The van der Waals surface area contributed by atoms with E-state index in [0.717, 1.165) is 0 Å². The molecule has 0 radical (unpaired) electrons. The number of carbonyl (C=O) groups is 1. The van der Waals surface area contributed by atoms with Gasteiger partial charge < -0.3 is 9.94 Å². The number of methoxy groups -OCH3 is 1. The van der Waals surface area contributed by atoms with Gasteiger partial charge in [0.15, 0.2) is 0 Å². The van der Waals surface area contributed by atoms with Gasteiger partial charge in [0.1, 0.15) is 6.42 Å². The molecule has 12 heavy (non-hydrogen) atoms. The average molecular weight is 172 g/mol. The second kappa shape index (κ2) is 3.21. The Morgan fingerprint density at radius 1 is 1.83 bits per heavy atom. The van der Waals surface area contributed by atoms with Crippen molar-refractivity contribution in [2.75, 3.05) is 7.11 Å². The van der Waals surface area contributed by atoms with Crippen LogP contribution in [-0.4, -0.2) is 18.2 Å². The maximum Gasteiger partial charge on any atom is 0.314 e. The first kappa shape index (κ1) is 8.51. The quantitative estimate of drug-likeness (QED) is 0.436. The van der Waals surface area contributed by atoms with Gasteiger partial charge in [-0.25, -0.2) is 0 Å². The minimum Gasteiger partial charge on any atom is -0.469 e. The average Bonchev–Trinajstić information content (AvgIpc) is 2.35. The summed E-state index contributed by atoms with van der Waals surface area (Å²) < 4.78 is 8.62. The van der Waals surface area contributed by atoms with Crippen molar-refractivity contribution in [2.24, 2.45) is 0 Å². The molecule has 1 rings (SSSR count). The minimum atomic E-state index is -0.495. The largest absolute Gasteiger partial charge is 0.469 e. The van der Waals surface area contributed by atoms with Crippen molar-refractivity contribution < 1.29 is 19.1 Å². The Balaban J connectivity index is 2.80. The smallest absolute Gasteiger partial charge is 0.314 e. The van der Waals surface area contributed by atoms with Crippen molar-refractivity contribution in [3.05, 3.63) is 16.6 Å². The van der Waals surface area contributed by atoms with Crippen LogP contribution >= 0.6 is 0 Å². The summed E-state index contributed by atoms with van der Waals surface area (Å²) in [5.41, 5.74) is 0.581. The van der Waals surface area contributed by atoms with E-state index < -0.39 is 5.97 Å². The highest BCUT2D eigenvalue weighted by molar-refractivity contribution is 5.71. The third-order valence-electron chi connectivity index (χ3n) is 1.43. The Bertz CT molecular complexity index is 274. The molecule has 1 heterocycles. The second-order valence-corrected chi connectivity index (χ2v) is 2.22. The molecule has 0 aliphatic carbocycles. The number of rotatable bonds is 2. The van der Waals surface area contributed by atoms with Gasteiger partial charge in [-0.1, -0.05) is 0 Å². The van der Waals surface area contributed by atoms with Crippen molar-refractivity contribution in [3.63, 3.8) is 0 Å². The lowest BCUT2D eigenvalue weighted by Crippen LogP contribution is -2.30. The van der Waals surface area contributed by atoms with Crippen molar-refractivity contribution in [1.29, 1.82) is 0 Å². The van der Waals surface area contributed by atoms with E-state index in [1.54, 1.807) is 6.92 Å². The predicted molar refractivity (Wildman–Crippen MR) is 35.9 cm³/mol. The summed E-state index contributed by atoms with van der Waals surface area (Å²) in [6.07, 6.45) is -0.116. The fourth-order valence-electron chi connectivity index (χ4n) is 0.734. The predicted octanol–water partition coefficient (Wildman–Crippen LogP) is -0.668. The normalized spacial score (nSPS) is 9.83. The molecule has 1 aromatic rings. The van der Waals surface area contributed by atoms with Crippen LogP contribution in [0.25, 0.3) is 0 Å². The van der Waals surface area contributed by atoms with Crippen LogP contribution in [0.3, 0.4) is 0 Å². The number of esters is 1. The standard InChI is InChI=1S/C6H8N2O4/c1-4-5(3-6(9)11-2)8(10)12-7-4/h3H2,1-2H3. The zero-order valence-electron chi connectivity index (χ0n) is 6.73. The molecule has 0 N–H and O–H groups in total. The molecule has 0 atom stereocenters. The zero-order chi connectivity index (χ0) is 9.14. The van der Waals surface area contributed by atoms with E-state index in [0.29, 0.717) is 5.69 Å². The molecule has 0 fully saturated rings. The van der Waals surface area contributed by atoms with E-state index in [2.05, 4.69) is 14.5 Å². The van der Waals surface area contributed by atoms with Crippen LogP contribution in [0.5, 0.6) is 0 Å². The molecule has 0 bridgehead atoms. The molecular weight excluding hydrogens is 164 g/mol. The molecule has 0 aliphatic rings. The van der Waals surface area contributed by atoms with Crippen molar-refractivity contribution in [2.45, 2.75) is 13.3 Å². The number of ether oxygens (including phenoxy) is 1. The lowest BCUT2D eigenvalue weighted by Gasteiger charge is -1.95. The second-order valence-electron chi connectivity index (χ2n) is 2.22. The Hall–Kier alpha value is -1.59. The molecule has 1 aromatic heterocycles. The Morgan fingerprint density at radius 3 is 2.92 bits per heavy atom. The molecule has 0 saturated heterocycles. The van der Waals surface area contributed by atoms with E-state index in [4.69, 9.17) is 0 Å². The van der Waals surface area contributed by atoms with Crippen LogP contribution in [0.2, 0.25) is 0 Å². The topological polar surface area (TPSA) is 79.3 Å². The van der Waals surface area contributed by atoms with Gasteiger partial charge in [-0.05, 0) is 4.90 Å². The van der Waals surface area contributed by atoms with Gasteiger partial charge in [-0.15, -0.1) is 0 Å². The van der Waals surface area contributed by atoms with E-state index in [9.17, 15) is 10.0 Å². The van der Waals surface area contributed by atoms with Gasteiger partial charge >= 0.3 is 5.97 Å². The number of hydrogen-bond acceptors (Lipinski definition) is 5. The molecule has 0 saturated carbocycles. The highest BCUT2D eigenvalue weighted by atomic mass is 16.8. The third kappa shape index (κ3) is 1.52. The van der Waals surface area contributed by atoms with Crippen LogP contribution in [0.15, 0.2) is 4.63 Å². The van der Waals surface area contributed by atoms with Gasteiger partial charge in [0.2, 0.25) is 11.4 Å². The molecule has 0 aliphatic heterocycles. The Kier molecular flexibility index (Phi) is 2.27. The SMILES string of the molecule is COC(=O)Cc1c(C)no[n+]1[O-]. The first-order valence-electron chi connectivity index (χ1n) is 3.27. The number of nitrogens with zero attached hydrogens (tertiary/aromatic N) is 2. The Morgan fingerprint density at radius 2 is 2.50 bits per heavy atom. The highest BCUT2D eigenvalue weighted by Crippen LogP contribution is 1.99. The molecule has 6 nitrogen and oxygen atoms in total. The van der Waals surface area contributed by atoms with E-state index in [1.807, 2.05) is 0 Å². The number of hydrogen-bond donors (Lipinski definition) is 0.